The SMILES string of the molecule is N#C/C(=C\c1c2ccccc2cc2ccccc12)c1ccccc1. The number of nitrogens with zero attached hydrogens (tertiary/aromatic N) is 1. The molecule has 0 aliphatic rings. The van der Waals surface area contributed by atoms with Crippen LogP contribution in [0, 0.1) is 11.3 Å². The van der Waals surface area contributed by atoms with Crippen molar-refractivity contribution in [1.82, 2.24) is 0 Å². The van der Waals surface area contributed by atoms with Gasteiger partial charge in [-0.15, -0.1) is 0 Å². The molecule has 1 nitrogen and oxygen atoms in total. The van der Waals surface area contributed by atoms with Gasteiger partial charge in [0.1, 0.15) is 0 Å². The van der Waals surface area contributed by atoms with Crippen LogP contribution in [0.5, 0.6) is 0 Å². The molecule has 0 unspecified atom stereocenters. The molecule has 0 amide bonds. The van der Waals surface area contributed by atoms with Gasteiger partial charge in [0, 0.05) is 0 Å². The molecule has 0 fully saturated rings. The fraction of sp³-hybridized carbons (Fsp3) is 0. The van der Waals surface area contributed by atoms with Crippen LogP contribution in [0.2, 0.25) is 0 Å². The molecule has 4 aromatic carbocycles. The van der Waals surface area contributed by atoms with E-state index in [1.165, 1.54) is 21.5 Å². The Balaban J connectivity index is 2.07. The maximum absolute atomic E-state index is 9.67. The number of hydrogen-bond acceptors (Lipinski definition) is 1. The van der Waals surface area contributed by atoms with Crippen LogP contribution in [0.3, 0.4) is 0 Å². The quantitative estimate of drug-likeness (QED) is 0.251. The number of fused-ring (bicyclic) bond motifs is 2. The lowest BCUT2D eigenvalue weighted by Gasteiger charge is -2.09. The third kappa shape index (κ3) is 2.45. The minimum absolute atomic E-state index is 0.678. The highest BCUT2D eigenvalue weighted by atomic mass is 14.2. The first-order valence-electron chi connectivity index (χ1n) is 7.94. The van der Waals surface area contributed by atoms with Crippen molar-refractivity contribution in [1.29, 1.82) is 5.26 Å². The van der Waals surface area contributed by atoms with Crippen molar-refractivity contribution < 1.29 is 0 Å². The molecular weight excluding hydrogens is 290 g/mol. The third-order valence-corrected chi connectivity index (χ3v) is 4.31. The van der Waals surface area contributed by atoms with Gasteiger partial charge in [0.05, 0.1) is 11.6 Å². The van der Waals surface area contributed by atoms with E-state index in [2.05, 4.69) is 36.4 Å². The molecule has 0 spiro atoms. The first kappa shape index (κ1) is 14.2. The van der Waals surface area contributed by atoms with Crippen LogP contribution in [0.4, 0.5) is 0 Å². The van der Waals surface area contributed by atoms with E-state index in [-0.39, 0.29) is 0 Å². The lowest BCUT2D eigenvalue weighted by Crippen LogP contribution is -1.86. The van der Waals surface area contributed by atoms with E-state index < -0.39 is 0 Å². The van der Waals surface area contributed by atoms with Crippen LogP contribution in [-0.2, 0) is 0 Å². The highest BCUT2D eigenvalue weighted by molar-refractivity contribution is 6.10. The second-order valence-corrected chi connectivity index (χ2v) is 5.77. The Hall–Kier alpha value is -3.37. The number of nitriles is 1. The minimum Gasteiger partial charge on any atom is -0.192 e. The Bertz CT molecular complexity index is 1050. The van der Waals surface area contributed by atoms with Crippen molar-refractivity contribution in [2.24, 2.45) is 0 Å². The van der Waals surface area contributed by atoms with Crippen molar-refractivity contribution in [3.63, 3.8) is 0 Å². The van der Waals surface area contributed by atoms with Crippen molar-refractivity contribution in [3.8, 4) is 6.07 Å². The second kappa shape index (κ2) is 6.02. The van der Waals surface area contributed by atoms with E-state index in [0.717, 1.165) is 11.1 Å². The zero-order valence-corrected chi connectivity index (χ0v) is 13.1. The normalized spacial score (nSPS) is 11.5. The van der Waals surface area contributed by atoms with Gasteiger partial charge >= 0.3 is 0 Å². The van der Waals surface area contributed by atoms with Gasteiger partial charge < -0.3 is 0 Å². The summed E-state index contributed by atoms with van der Waals surface area (Å²) in [6.45, 7) is 0. The van der Waals surface area contributed by atoms with Crippen LogP contribution >= 0.6 is 0 Å². The van der Waals surface area contributed by atoms with Crippen LogP contribution < -0.4 is 0 Å². The highest BCUT2D eigenvalue weighted by Gasteiger charge is 2.08. The number of rotatable bonds is 2. The Labute approximate surface area is 141 Å². The van der Waals surface area contributed by atoms with E-state index in [1.54, 1.807) is 0 Å². The monoisotopic (exact) mass is 305 g/mol. The average molecular weight is 305 g/mol. The number of allylic oxidation sites excluding steroid dienone is 1. The summed E-state index contributed by atoms with van der Waals surface area (Å²) in [5.74, 6) is 0. The zero-order chi connectivity index (χ0) is 16.4. The lowest BCUT2D eigenvalue weighted by atomic mass is 9.94. The van der Waals surface area contributed by atoms with E-state index in [1.807, 2.05) is 60.7 Å². The molecule has 0 aliphatic heterocycles. The predicted molar refractivity (Wildman–Crippen MR) is 101 cm³/mol. The topological polar surface area (TPSA) is 23.8 Å². The summed E-state index contributed by atoms with van der Waals surface area (Å²) in [5.41, 5.74) is 2.72. The van der Waals surface area contributed by atoms with E-state index in [4.69, 9.17) is 0 Å². The van der Waals surface area contributed by atoms with Gasteiger partial charge in [0.15, 0.2) is 0 Å². The maximum atomic E-state index is 9.67. The molecule has 0 aromatic heterocycles. The number of benzene rings is 4. The average Bonchev–Trinajstić information content (AvgIpc) is 2.66. The Morgan fingerprint density at radius 2 is 1.25 bits per heavy atom. The van der Waals surface area contributed by atoms with Crippen LogP contribution in [0.1, 0.15) is 11.1 Å². The Morgan fingerprint density at radius 1 is 0.708 bits per heavy atom. The molecule has 4 aromatic rings. The molecule has 0 atom stereocenters. The maximum Gasteiger partial charge on any atom is 0.0998 e. The van der Waals surface area contributed by atoms with Gasteiger partial charge in [0.25, 0.3) is 0 Å². The fourth-order valence-corrected chi connectivity index (χ4v) is 3.15. The van der Waals surface area contributed by atoms with Crippen LogP contribution in [-0.4, -0.2) is 0 Å². The van der Waals surface area contributed by atoms with E-state index in [0.29, 0.717) is 5.57 Å². The standard InChI is InChI=1S/C23H15N/c24-16-20(17-8-2-1-3-9-17)15-23-21-12-6-4-10-18(21)14-19-11-5-7-13-22(19)23/h1-15H/b20-15+. The summed E-state index contributed by atoms with van der Waals surface area (Å²) in [5, 5.41) is 14.4. The van der Waals surface area contributed by atoms with Crippen molar-refractivity contribution in [2.45, 2.75) is 0 Å². The third-order valence-electron chi connectivity index (χ3n) is 4.31. The number of hydrogen-bond donors (Lipinski definition) is 0. The highest BCUT2D eigenvalue weighted by Crippen LogP contribution is 2.31. The molecule has 0 heterocycles. The van der Waals surface area contributed by atoms with Gasteiger partial charge in [-0.1, -0.05) is 78.9 Å². The van der Waals surface area contributed by atoms with Crippen molar-refractivity contribution in [3.05, 3.63) is 96.1 Å². The van der Waals surface area contributed by atoms with Gasteiger partial charge in [-0.05, 0) is 44.8 Å². The van der Waals surface area contributed by atoms with Gasteiger partial charge in [-0.2, -0.15) is 5.26 Å². The molecule has 0 saturated heterocycles. The van der Waals surface area contributed by atoms with Gasteiger partial charge in [-0.25, -0.2) is 0 Å². The first-order valence-corrected chi connectivity index (χ1v) is 7.94. The van der Waals surface area contributed by atoms with Crippen molar-refractivity contribution >= 4 is 33.2 Å². The van der Waals surface area contributed by atoms with Crippen LogP contribution in [0.25, 0.3) is 33.2 Å². The fourth-order valence-electron chi connectivity index (χ4n) is 3.15. The molecule has 112 valence electrons. The smallest absolute Gasteiger partial charge is 0.0998 e. The van der Waals surface area contributed by atoms with Crippen molar-refractivity contribution in [2.75, 3.05) is 0 Å². The zero-order valence-electron chi connectivity index (χ0n) is 13.1. The van der Waals surface area contributed by atoms with Gasteiger partial charge in [-0.3, -0.25) is 0 Å². The molecule has 0 aliphatic carbocycles. The second-order valence-electron chi connectivity index (χ2n) is 5.77. The summed E-state index contributed by atoms with van der Waals surface area (Å²) in [7, 11) is 0. The predicted octanol–water partition coefficient (Wildman–Crippen LogP) is 6.06. The Morgan fingerprint density at radius 3 is 1.83 bits per heavy atom. The largest absolute Gasteiger partial charge is 0.192 e. The van der Waals surface area contributed by atoms with E-state index in [9.17, 15) is 5.26 Å². The molecule has 4 rings (SSSR count). The molecule has 0 N–H and O–H groups in total. The molecule has 24 heavy (non-hydrogen) atoms. The van der Waals surface area contributed by atoms with E-state index >= 15 is 0 Å². The summed E-state index contributed by atoms with van der Waals surface area (Å²) in [4.78, 5) is 0. The summed E-state index contributed by atoms with van der Waals surface area (Å²) in [6.07, 6.45) is 2.01. The minimum atomic E-state index is 0.678. The molecular formula is C23H15N. The first-order chi connectivity index (χ1) is 11.9. The molecule has 0 radical (unpaired) electrons. The summed E-state index contributed by atoms with van der Waals surface area (Å²) >= 11 is 0. The summed E-state index contributed by atoms with van der Waals surface area (Å²) in [6, 6.07) is 31.1. The molecule has 1 heteroatoms. The Kier molecular flexibility index (Phi) is 3.57. The lowest BCUT2D eigenvalue weighted by molar-refractivity contribution is 1.52. The summed E-state index contributed by atoms with van der Waals surface area (Å²) < 4.78 is 0. The van der Waals surface area contributed by atoms with Gasteiger partial charge in [0.2, 0.25) is 0 Å². The van der Waals surface area contributed by atoms with Crippen LogP contribution in [0.15, 0.2) is 84.9 Å². The molecule has 0 bridgehead atoms. The molecule has 0 saturated carbocycles.